The van der Waals surface area contributed by atoms with Gasteiger partial charge in [0.25, 0.3) is 0 Å². The van der Waals surface area contributed by atoms with Gasteiger partial charge in [0.05, 0.1) is 52.5 Å². The summed E-state index contributed by atoms with van der Waals surface area (Å²) in [6.45, 7) is 51.3. The largest absolute Gasteiger partial charge is 0.459 e. The van der Waals surface area contributed by atoms with Crippen LogP contribution in [0.2, 0.25) is 0 Å². The van der Waals surface area contributed by atoms with E-state index in [2.05, 4.69) is 5.32 Å². The number of hydrogen-bond acceptors (Lipinski definition) is 27. The van der Waals surface area contributed by atoms with Crippen LogP contribution in [0.25, 0.3) is 0 Å². The lowest BCUT2D eigenvalue weighted by molar-refractivity contribution is -0.164. The van der Waals surface area contributed by atoms with Gasteiger partial charge in [-0.25, -0.2) is 0 Å². The van der Waals surface area contributed by atoms with Crippen LogP contribution >= 0.6 is 0 Å². The minimum Gasteiger partial charge on any atom is -0.459 e. The Hall–Kier alpha value is -7.25. The van der Waals surface area contributed by atoms with Gasteiger partial charge >= 0.3 is 53.7 Å². The van der Waals surface area contributed by atoms with Crippen molar-refractivity contribution in [3.05, 3.63) is 66.2 Å². The predicted octanol–water partition coefficient (Wildman–Crippen LogP) is 9.52. The lowest BCUT2D eigenvalue weighted by Gasteiger charge is -2.37. The van der Waals surface area contributed by atoms with Crippen LogP contribution in [0.15, 0.2) is 60.7 Å². The predicted molar refractivity (Wildman–Crippen MR) is 437 cm³/mol. The third-order valence-corrected chi connectivity index (χ3v) is 16.5. The standard InChI is InChI=1S/C43H73N5O9.C41H68N4O10.CH3F/c1-32(33-17-15-14-16-18-33)44-35(49)20-19-34(39(53)57-43(11,12)13)48-27-25-46(30-37(51)55-41(5,6)7)23-21-45(29-36(50)54-40(2,3)4)22-24-47(26-28-48)31-38(52)56-42(8,9)10;1-38(2,3)52-34(47)28-42-20-22-43(29-35(48)53-39(4,5)6)24-26-45(27-25-44(23-21-42)30-36(49)54-40(7,8)9)32(37(50)55-41(10,11)12)18-19-33(46)51-31-16-14-13-15-17-31;1-2/h14-18,32,34H,19-31H2,1-13H3,(H,44,49);13-17,32H,18-30H2,1-12H3;1H3/t32-,34-;32-;/m11./s1. The van der Waals surface area contributed by atoms with Crippen molar-refractivity contribution in [2.24, 2.45) is 0 Å². The van der Waals surface area contributed by atoms with E-state index in [1.807, 2.05) is 207 Å². The maximum Gasteiger partial charge on any atom is 0.323 e. The molecule has 0 radical (unpaired) electrons. The van der Waals surface area contributed by atoms with Crippen molar-refractivity contribution in [2.45, 2.75) is 262 Å². The minimum absolute atomic E-state index is 0.00690. The van der Waals surface area contributed by atoms with Crippen molar-refractivity contribution in [3.8, 4) is 5.75 Å². The number of nitrogens with zero attached hydrogens (tertiary/aromatic N) is 8. The third kappa shape index (κ3) is 49.6. The molecule has 4 rings (SSSR count). The summed E-state index contributed by atoms with van der Waals surface area (Å²) in [5.74, 6) is -3.57. The maximum atomic E-state index is 14.0. The Morgan fingerprint density at radius 3 is 0.772 bits per heavy atom. The second-order valence-electron chi connectivity index (χ2n) is 36.9. The van der Waals surface area contributed by atoms with Crippen LogP contribution in [0, 0.1) is 0 Å². The fourth-order valence-electron chi connectivity index (χ4n) is 12.0. The van der Waals surface area contributed by atoms with E-state index in [0.29, 0.717) is 118 Å². The summed E-state index contributed by atoms with van der Waals surface area (Å²) < 4.78 is 60.9. The third-order valence-electron chi connectivity index (χ3n) is 16.5. The molecular weight excluding hydrogens is 1470 g/mol. The van der Waals surface area contributed by atoms with Gasteiger partial charge in [-0.3, -0.25) is 91.5 Å². The first-order valence-electron chi connectivity index (χ1n) is 40.0. The quantitative estimate of drug-likeness (QED) is 0.0549. The van der Waals surface area contributed by atoms with Crippen LogP contribution in [-0.4, -0.2) is 307 Å². The molecule has 1 amide bonds. The monoisotopic (exact) mass is 1610 g/mol. The molecule has 2 fully saturated rings. The highest BCUT2D eigenvalue weighted by molar-refractivity contribution is 5.81. The second kappa shape index (κ2) is 47.8. The Labute approximate surface area is 681 Å². The number of hydrogen-bond donors (Lipinski definition) is 1. The molecule has 1 N–H and O–H groups in total. The SMILES string of the molecule is CC(C)(C)OC(=O)CN1CCN(CC(=O)OC(C)(C)C)CCN([C@H](CCC(=O)Oc2ccccc2)C(=O)OC(C)(C)C)CCN(CC(=O)OC(C)(C)C)CC1.CF.C[C@@H](NC(=O)CC[C@H](C(=O)OC(C)(C)C)N1CCN(CC(=O)OC(C)(C)C)CCN(CC(=O)OC(C)(C)C)CCN(CC(=O)OC(C)(C)C)CC1)c1ccccc1. The molecular formula is C85H144FN9O19. The molecule has 0 spiro atoms. The van der Waals surface area contributed by atoms with Crippen LogP contribution in [0.1, 0.15) is 210 Å². The molecule has 0 unspecified atom stereocenters. The lowest BCUT2D eigenvalue weighted by atomic mass is 10.1. The Morgan fingerprint density at radius 2 is 0.535 bits per heavy atom. The number of ether oxygens (including phenoxy) is 9. The summed E-state index contributed by atoms with van der Waals surface area (Å²) in [5.41, 5.74) is -4.68. The summed E-state index contributed by atoms with van der Waals surface area (Å²) >= 11 is 0. The molecule has 3 atom stereocenters. The number of alkyl halides is 1. The van der Waals surface area contributed by atoms with E-state index in [9.17, 15) is 52.3 Å². The summed E-state index contributed by atoms with van der Waals surface area (Å²) in [4.78, 5) is 149. The summed E-state index contributed by atoms with van der Waals surface area (Å²) in [7, 11) is 0.500. The van der Waals surface area contributed by atoms with Crippen LogP contribution in [-0.2, 0) is 85.8 Å². The fraction of sp³-hybridized carbons (Fsp3) is 0.741. The van der Waals surface area contributed by atoms with Gasteiger partial charge in [-0.2, -0.15) is 0 Å². The first-order chi connectivity index (χ1) is 52.4. The minimum atomic E-state index is -0.846. The Morgan fingerprint density at radius 1 is 0.316 bits per heavy atom. The zero-order valence-corrected chi connectivity index (χ0v) is 74.1. The summed E-state index contributed by atoms with van der Waals surface area (Å²) in [6, 6.07) is 16.5. The first-order valence-corrected chi connectivity index (χ1v) is 40.0. The maximum absolute atomic E-state index is 14.0. The van der Waals surface area contributed by atoms with E-state index in [4.69, 9.17) is 42.6 Å². The molecule has 2 aliphatic heterocycles. The Kier molecular flexibility index (Phi) is 43.1. The zero-order chi connectivity index (χ0) is 86.8. The number of carbonyl (C=O) groups excluding carboxylic acids is 10. The number of benzene rings is 2. The van der Waals surface area contributed by atoms with Gasteiger partial charge in [-0.15, -0.1) is 0 Å². The number of carbonyl (C=O) groups is 10. The van der Waals surface area contributed by atoms with Gasteiger partial charge in [-0.1, -0.05) is 48.5 Å². The van der Waals surface area contributed by atoms with Crippen molar-refractivity contribution in [1.82, 2.24) is 44.5 Å². The normalized spacial score (nSPS) is 17.2. The van der Waals surface area contributed by atoms with Crippen LogP contribution in [0.5, 0.6) is 5.75 Å². The molecule has 2 aliphatic rings. The van der Waals surface area contributed by atoms with Gasteiger partial charge < -0.3 is 47.9 Å². The molecule has 28 nitrogen and oxygen atoms in total. The highest BCUT2D eigenvalue weighted by Gasteiger charge is 2.37. The number of nitrogens with one attached hydrogen (secondary N) is 1. The number of rotatable bonds is 25. The van der Waals surface area contributed by atoms with Crippen LogP contribution < -0.4 is 10.1 Å². The number of halogens is 1. The summed E-state index contributed by atoms with van der Waals surface area (Å²) in [6.07, 6.45) is 0.311. The molecule has 2 aromatic carbocycles. The van der Waals surface area contributed by atoms with E-state index < -0.39 is 98.7 Å². The lowest BCUT2D eigenvalue weighted by Crippen LogP contribution is -2.53. The second-order valence-corrected chi connectivity index (χ2v) is 36.9. The number of amides is 1. The molecule has 0 aliphatic carbocycles. The van der Waals surface area contributed by atoms with Crippen LogP contribution in [0.3, 0.4) is 0 Å². The van der Waals surface area contributed by atoms with Gasteiger partial charge in [0, 0.05) is 118 Å². The van der Waals surface area contributed by atoms with E-state index >= 15 is 0 Å². The van der Waals surface area contributed by atoms with Crippen molar-refractivity contribution >= 4 is 59.6 Å². The highest BCUT2D eigenvalue weighted by Crippen LogP contribution is 2.23. The molecule has 650 valence electrons. The van der Waals surface area contributed by atoms with Gasteiger partial charge in [0.2, 0.25) is 5.91 Å². The summed E-state index contributed by atoms with van der Waals surface area (Å²) in [5, 5.41) is 3.06. The molecule has 29 heteroatoms. The molecule has 2 heterocycles. The Balaban J connectivity index is 0.000000757. The van der Waals surface area contributed by atoms with E-state index in [-0.39, 0.29) is 88.8 Å². The molecule has 2 saturated heterocycles. The fourth-order valence-corrected chi connectivity index (χ4v) is 12.0. The Bertz CT molecular complexity index is 3180. The molecule has 0 aromatic heterocycles. The number of para-hydroxylation sites is 1. The van der Waals surface area contributed by atoms with Crippen molar-refractivity contribution in [2.75, 3.05) is 151 Å². The molecule has 0 saturated carbocycles. The van der Waals surface area contributed by atoms with Crippen molar-refractivity contribution in [3.63, 3.8) is 0 Å². The zero-order valence-electron chi connectivity index (χ0n) is 74.1. The van der Waals surface area contributed by atoms with Crippen molar-refractivity contribution < 1.29 is 95.0 Å². The number of esters is 9. The highest BCUT2D eigenvalue weighted by atomic mass is 19.1. The van der Waals surface area contributed by atoms with E-state index in [1.165, 1.54) is 0 Å². The van der Waals surface area contributed by atoms with Gasteiger partial charge in [0.15, 0.2) is 0 Å². The van der Waals surface area contributed by atoms with Gasteiger partial charge in [-0.05, 0) is 204 Å². The van der Waals surface area contributed by atoms with Crippen molar-refractivity contribution in [1.29, 1.82) is 0 Å². The van der Waals surface area contributed by atoms with Gasteiger partial charge in [0.1, 0.15) is 62.6 Å². The topological polar surface area (TPSA) is 292 Å². The average Bonchev–Trinajstić information content (AvgIpc) is 0.846. The molecule has 2 aromatic rings. The van der Waals surface area contributed by atoms with E-state index in [0.717, 1.165) is 5.56 Å². The molecule has 114 heavy (non-hydrogen) atoms. The smallest absolute Gasteiger partial charge is 0.323 e. The molecule has 0 bridgehead atoms. The van der Waals surface area contributed by atoms with Crippen LogP contribution in [0.4, 0.5) is 4.39 Å². The average molecular weight is 1620 g/mol. The first kappa shape index (κ1) is 103. The van der Waals surface area contributed by atoms with E-state index in [1.54, 1.807) is 65.8 Å².